The largest absolute Gasteiger partial charge is 0.298 e. The van der Waals surface area contributed by atoms with Crippen LogP contribution in [0.5, 0.6) is 0 Å². The third-order valence-electron chi connectivity index (χ3n) is 3.30. The molecule has 100 valence electrons. The van der Waals surface area contributed by atoms with Gasteiger partial charge in [0.25, 0.3) is 0 Å². The van der Waals surface area contributed by atoms with Crippen LogP contribution in [0.4, 0.5) is 0 Å². The van der Waals surface area contributed by atoms with Gasteiger partial charge in [0, 0.05) is 16.2 Å². The first-order chi connectivity index (χ1) is 9.19. The van der Waals surface area contributed by atoms with Gasteiger partial charge in [-0.25, -0.2) is 0 Å². The number of benzene rings is 1. The molecule has 0 fully saturated rings. The van der Waals surface area contributed by atoms with Gasteiger partial charge in [0.15, 0.2) is 6.29 Å². The number of carbonyl (C=O) groups is 1. The van der Waals surface area contributed by atoms with E-state index in [0.717, 1.165) is 34.9 Å². The summed E-state index contributed by atoms with van der Waals surface area (Å²) < 4.78 is 2.90. The number of halogens is 1. The van der Waals surface area contributed by atoms with Gasteiger partial charge in [0.1, 0.15) is 5.69 Å². The summed E-state index contributed by atoms with van der Waals surface area (Å²) in [5, 5.41) is 4.60. The minimum Gasteiger partial charge on any atom is -0.298 e. The Morgan fingerprint density at radius 1 is 1.37 bits per heavy atom. The van der Waals surface area contributed by atoms with E-state index in [4.69, 9.17) is 0 Å². The summed E-state index contributed by atoms with van der Waals surface area (Å²) in [4.78, 5) is 11.2. The zero-order chi connectivity index (χ0) is 13.8. The molecule has 0 N–H and O–H groups in total. The summed E-state index contributed by atoms with van der Waals surface area (Å²) >= 11 is 3.45. The Bertz CT molecular complexity index is 573. The number of hydrogen-bond acceptors (Lipinski definition) is 2. The van der Waals surface area contributed by atoms with E-state index in [1.165, 1.54) is 0 Å². The molecule has 1 aromatic heterocycles. The van der Waals surface area contributed by atoms with Crippen LogP contribution in [0.1, 0.15) is 43.1 Å². The fourth-order valence-electron chi connectivity index (χ4n) is 2.20. The lowest BCUT2D eigenvalue weighted by Gasteiger charge is -2.12. The maximum Gasteiger partial charge on any atom is 0.153 e. The molecule has 0 saturated carbocycles. The number of hydrogen-bond donors (Lipinski definition) is 0. The quantitative estimate of drug-likeness (QED) is 0.761. The van der Waals surface area contributed by atoms with Crippen LogP contribution in [0.15, 0.2) is 34.9 Å². The maximum atomic E-state index is 11.2. The van der Waals surface area contributed by atoms with Crippen molar-refractivity contribution in [3.63, 3.8) is 0 Å². The molecule has 0 aliphatic carbocycles. The van der Waals surface area contributed by atoms with Crippen molar-refractivity contribution in [3.8, 4) is 11.3 Å². The van der Waals surface area contributed by atoms with Gasteiger partial charge in [0.2, 0.25) is 0 Å². The van der Waals surface area contributed by atoms with Crippen molar-refractivity contribution in [3.05, 3.63) is 40.5 Å². The minimum atomic E-state index is 0.347. The first kappa shape index (κ1) is 14.0. The molecule has 3 nitrogen and oxygen atoms in total. The second kappa shape index (κ2) is 6.15. The molecule has 0 unspecified atom stereocenters. The Morgan fingerprint density at radius 3 is 2.68 bits per heavy atom. The Hall–Kier alpha value is -1.42. The average molecular weight is 321 g/mol. The SMILES string of the molecule is CCC(CC)n1cc(C=O)c(-c2cccc(Br)c2)n1. The molecule has 4 heteroatoms. The van der Waals surface area contributed by atoms with Crippen molar-refractivity contribution < 1.29 is 4.79 Å². The second-order valence-corrected chi connectivity index (χ2v) is 5.43. The molecule has 0 atom stereocenters. The molecule has 0 aliphatic heterocycles. The third kappa shape index (κ3) is 2.95. The Morgan fingerprint density at radius 2 is 2.11 bits per heavy atom. The molecule has 0 aliphatic rings. The lowest BCUT2D eigenvalue weighted by Crippen LogP contribution is -2.07. The minimum absolute atomic E-state index is 0.347. The predicted octanol–water partition coefficient (Wildman–Crippen LogP) is 4.49. The van der Waals surface area contributed by atoms with E-state index in [1.54, 1.807) is 0 Å². The molecule has 0 bridgehead atoms. The summed E-state index contributed by atoms with van der Waals surface area (Å²) in [6.45, 7) is 4.27. The van der Waals surface area contributed by atoms with Crippen molar-refractivity contribution in [1.29, 1.82) is 0 Å². The summed E-state index contributed by atoms with van der Waals surface area (Å²) in [6, 6.07) is 8.20. The first-order valence-electron chi connectivity index (χ1n) is 6.49. The summed E-state index contributed by atoms with van der Waals surface area (Å²) in [6.07, 6.45) is 4.74. The highest BCUT2D eigenvalue weighted by Gasteiger charge is 2.14. The number of nitrogens with zero attached hydrogens (tertiary/aromatic N) is 2. The van der Waals surface area contributed by atoms with Gasteiger partial charge in [-0.3, -0.25) is 9.48 Å². The summed E-state index contributed by atoms with van der Waals surface area (Å²) in [7, 11) is 0. The van der Waals surface area contributed by atoms with Gasteiger partial charge in [-0.15, -0.1) is 0 Å². The zero-order valence-corrected chi connectivity index (χ0v) is 12.7. The molecule has 19 heavy (non-hydrogen) atoms. The van der Waals surface area contributed by atoms with E-state index < -0.39 is 0 Å². The standard InChI is InChI=1S/C15H17BrN2O/c1-3-14(4-2)18-9-12(10-19)15(17-18)11-6-5-7-13(16)8-11/h5-10,14H,3-4H2,1-2H3. The van der Waals surface area contributed by atoms with Gasteiger partial charge < -0.3 is 0 Å². The van der Waals surface area contributed by atoms with E-state index in [-0.39, 0.29) is 0 Å². The van der Waals surface area contributed by atoms with Crippen molar-refractivity contribution in [2.45, 2.75) is 32.7 Å². The fourth-order valence-corrected chi connectivity index (χ4v) is 2.60. The van der Waals surface area contributed by atoms with Crippen LogP contribution in [0, 0.1) is 0 Å². The highest BCUT2D eigenvalue weighted by atomic mass is 79.9. The van der Waals surface area contributed by atoms with Gasteiger partial charge >= 0.3 is 0 Å². The second-order valence-electron chi connectivity index (χ2n) is 4.51. The van der Waals surface area contributed by atoms with Crippen LogP contribution in [-0.2, 0) is 0 Å². The molecular weight excluding hydrogens is 304 g/mol. The monoisotopic (exact) mass is 320 g/mol. The van der Waals surface area contributed by atoms with Crippen molar-refractivity contribution in [2.24, 2.45) is 0 Å². The van der Waals surface area contributed by atoms with Crippen LogP contribution in [0.2, 0.25) is 0 Å². The molecule has 0 saturated heterocycles. The number of aromatic nitrogens is 2. The van der Waals surface area contributed by atoms with Crippen LogP contribution in [0.3, 0.4) is 0 Å². The van der Waals surface area contributed by atoms with Crippen LogP contribution in [-0.4, -0.2) is 16.1 Å². The number of aldehydes is 1. The van der Waals surface area contributed by atoms with Crippen molar-refractivity contribution in [1.82, 2.24) is 9.78 Å². The van der Waals surface area contributed by atoms with E-state index in [1.807, 2.05) is 35.1 Å². The van der Waals surface area contributed by atoms with Crippen molar-refractivity contribution >= 4 is 22.2 Å². The first-order valence-corrected chi connectivity index (χ1v) is 7.29. The molecule has 0 amide bonds. The lowest BCUT2D eigenvalue weighted by atomic mass is 10.1. The van der Waals surface area contributed by atoms with Gasteiger partial charge in [0.05, 0.1) is 11.6 Å². The number of carbonyl (C=O) groups excluding carboxylic acids is 1. The normalized spacial score (nSPS) is 10.9. The number of rotatable bonds is 5. The maximum absolute atomic E-state index is 11.2. The topological polar surface area (TPSA) is 34.9 Å². The summed E-state index contributed by atoms with van der Waals surface area (Å²) in [5.74, 6) is 0. The Labute approximate surface area is 121 Å². The van der Waals surface area contributed by atoms with E-state index >= 15 is 0 Å². The predicted molar refractivity (Wildman–Crippen MR) is 80.4 cm³/mol. The molecule has 0 radical (unpaired) electrons. The van der Waals surface area contributed by atoms with Crippen LogP contribution in [0.25, 0.3) is 11.3 Å². The average Bonchev–Trinajstić information content (AvgIpc) is 2.84. The van der Waals surface area contributed by atoms with Gasteiger partial charge in [-0.05, 0) is 25.0 Å². The Balaban J connectivity index is 2.48. The Kier molecular flexibility index (Phi) is 4.53. The van der Waals surface area contributed by atoms with E-state index in [0.29, 0.717) is 11.6 Å². The molecular formula is C15H17BrN2O. The summed E-state index contributed by atoms with van der Waals surface area (Å²) in [5.41, 5.74) is 2.36. The highest BCUT2D eigenvalue weighted by molar-refractivity contribution is 9.10. The molecule has 2 aromatic rings. The van der Waals surface area contributed by atoms with Crippen LogP contribution < -0.4 is 0 Å². The zero-order valence-electron chi connectivity index (χ0n) is 11.1. The molecule has 1 aromatic carbocycles. The van der Waals surface area contributed by atoms with Crippen LogP contribution >= 0.6 is 15.9 Å². The van der Waals surface area contributed by atoms with E-state index in [9.17, 15) is 4.79 Å². The molecule has 0 spiro atoms. The van der Waals surface area contributed by atoms with Gasteiger partial charge in [-0.2, -0.15) is 5.10 Å². The van der Waals surface area contributed by atoms with Crippen molar-refractivity contribution in [2.75, 3.05) is 0 Å². The highest BCUT2D eigenvalue weighted by Crippen LogP contribution is 2.26. The van der Waals surface area contributed by atoms with E-state index in [2.05, 4.69) is 34.9 Å². The fraction of sp³-hybridized carbons (Fsp3) is 0.333. The lowest BCUT2D eigenvalue weighted by molar-refractivity contribution is 0.112. The third-order valence-corrected chi connectivity index (χ3v) is 3.80. The van der Waals surface area contributed by atoms with Gasteiger partial charge in [-0.1, -0.05) is 41.9 Å². The smallest absolute Gasteiger partial charge is 0.153 e. The molecule has 1 heterocycles. The molecule has 2 rings (SSSR count).